The molecular weight excluding hydrogens is 374 g/mol. The number of nitrogens with zero attached hydrogens (tertiary/aromatic N) is 5. The standard InChI is InChI=1S/C20H23N5O4/c1-5-29-11-10-23-18(26)16-17(22(3)20(23)27)21-19-24(16)12-13(2)25(19)14-8-6-7-9-15(14)28-4/h6-9,12H,5,10-11H2,1-4H3. The number of aromatic nitrogens is 5. The van der Waals surface area contributed by atoms with Gasteiger partial charge >= 0.3 is 5.69 Å². The number of aryl methyl sites for hydroxylation is 2. The molecule has 0 aliphatic heterocycles. The number of hydrogen-bond donors (Lipinski definition) is 0. The zero-order valence-corrected chi connectivity index (χ0v) is 16.9. The maximum Gasteiger partial charge on any atom is 0.332 e. The van der Waals surface area contributed by atoms with Gasteiger partial charge in [0, 0.05) is 25.5 Å². The third kappa shape index (κ3) is 2.85. The van der Waals surface area contributed by atoms with Crippen molar-refractivity contribution in [1.29, 1.82) is 0 Å². The van der Waals surface area contributed by atoms with E-state index in [1.54, 1.807) is 18.6 Å². The Morgan fingerprint density at radius 3 is 2.66 bits per heavy atom. The van der Waals surface area contributed by atoms with Gasteiger partial charge in [-0.25, -0.2) is 4.79 Å². The number of hydrogen-bond acceptors (Lipinski definition) is 5. The molecule has 152 valence electrons. The molecule has 0 N–H and O–H groups in total. The van der Waals surface area contributed by atoms with Gasteiger partial charge in [0.1, 0.15) is 5.75 Å². The molecule has 0 saturated carbocycles. The Balaban J connectivity index is 2.03. The third-order valence-corrected chi connectivity index (χ3v) is 5.02. The van der Waals surface area contributed by atoms with Crippen molar-refractivity contribution in [3.8, 4) is 11.4 Å². The fraction of sp³-hybridized carbons (Fsp3) is 0.350. The molecule has 9 nitrogen and oxygen atoms in total. The van der Waals surface area contributed by atoms with Gasteiger partial charge in [-0.1, -0.05) is 12.1 Å². The Kier molecular flexibility index (Phi) is 4.75. The molecule has 3 aromatic heterocycles. The van der Waals surface area contributed by atoms with Crippen molar-refractivity contribution < 1.29 is 9.47 Å². The van der Waals surface area contributed by atoms with E-state index in [-0.39, 0.29) is 12.1 Å². The second-order valence-corrected chi connectivity index (χ2v) is 6.73. The number of fused-ring (bicyclic) bond motifs is 3. The van der Waals surface area contributed by atoms with Gasteiger partial charge in [-0.3, -0.25) is 22.9 Å². The van der Waals surface area contributed by atoms with Crippen molar-refractivity contribution in [3.63, 3.8) is 0 Å². The smallest absolute Gasteiger partial charge is 0.332 e. The average molecular weight is 397 g/mol. The Hall–Kier alpha value is -3.33. The summed E-state index contributed by atoms with van der Waals surface area (Å²) in [6, 6.07) is 7.59. The van der Waals surface area contributed by atoms with Crippen molar-refractivity contribution in [2.75, 3.05) is 20.3 Å². The van der Waals surface area contributed by atoms with Crippen LogP contribution in [0.2, 0.25) is 0 Å². The fourth-order valence-corrected chi connectivity index (χ4v) is 3.62. The number of rotatable bonds is 6. The van der Waals surface area contributed by atoms with Gasteiger partial charge in [0.15, 0.2) is 11.2 Å². The van der Waals surface area contributed by atoms with Gasteiger partial charge in [-0.2, -0.15) is 4.98 Å². The molecule has 4 aromatic rings. The average Bonchev–Trinajstić information content (AvgIpc) is 3.23. The second kappa shape index (κ2) is 7.25. The van der Waals surface area contributed by atoms with E-state index in [1.807, 2.05) is 48.9 Å². The van der Waals surface area contributed by atoms with Gasteiger partial charge in [0.25, 0.3) is 5.56 Å². The van der Waals surface area contributed by atoms with Crippen LogP contribution in [0.3, 0.4) is 0 Å². The summed E-state index contributed by atoms with van der Waals surface area (Å²) in [5.74, 6) is 1.22. The first-order chi connectivity index (χ1) is 14.0. The van der Waals surface area contributed by atoms with E-state index in [2.05, 4.69) is 4.98 Å². The van der Waals surface area contributed by atoms with E-state index in [9.17, 15) is 9.59 Å². The molecule has 29 heavy (non-hydrogen) atoms. The van der Waals surface area contributed by atoms with Gasteiger partial charge in [-0.15, -0.1) is 0 Å². The van der Waals surface area contributed by atoms with Gasteiger partial charge in [0.2, 0.25) is 5.78 Å². The third-order valence-electron chi connectivity index (χ3n) is 5.02. The molecule has 1 aromatic carbocycles. The van der Waals surface area contributed by atoms with Crippen LogP contribution in [0.1, 0.15) is 12.6 Å². The predicted octanol–water partition coefficient (Wildman–Crippen LogP) is 1.49. The largest absolute Gasteiger partial charge is 0.495 e. The molecule has 4 rings (SSSR count). The number of benzene rings is 1. The summed E-state index contributed by atoms with van der Waals surface area (Å²) >= 11 is 0. The van der Waals surface area contributed by atoms with Crippen LogP contribution in [-0.2, 0) is 18.3 Å². The summed E-state index contributed by atoms with van der Waals surface area (Å²) in [5.41, 5.74) is 1.59. The summed E-state index contributed by atoms with van der Waals surface area (Å²) in [6.45, 7) is 4.81. The first kappa shape index (κ1) is 19.0. The lowest BCUT2D eigenvalue weighted by Gasteiger charge is -2.10. The van der Waals surface area contributed by atoms with Crippen molar-refractivity contribution in [2.45, 2.75) is 20.4 Å². The van der Waals surface area contributed by atoms with Crippen LogP contribution in [0.25, 0.3) is 22.6 Å². The predicted molar refractivity (Wildman–Crippen MR) is 109 cm³/mol. The van der Waals surface area contributed by atoms with Crippen molar-refractivity contribution in [2.24, 2.45) is 7.05 Å². The summed E-state index contributed by atoms with van der Waals surface area (Å²) in [4.78, 5) is 30.5. The van der Waals surface area contributed by atoms with E-state index in [4.69, 9.17) is 9.47 Å². The van der Waals surface area contributed by atoms with Crippen molar-refractivity contribution in [1.82, 2.24) is 23.1 Å². The lowest BCUT2D eigenvalue weighted by Crippen LogP contribution is -2.40. The molecule has 0 saturated heterocycles. The molecule has 9 heteroatoms. The minimum atomic E-state index is -0.413. The zero-order valence-electron chi connectivity index (χ0n) is 16.9. The number of imidazole rings is 2. The molecule has 3 heterocycles. The van der Waals surface area contributed by atoms with E-state index in [0.29, 0.717) is 35.9 Å². The van der Waals surface area contributed by atoms with Crippen LogP contribution < -0.4 is 16.0 Å². The quantitative estimate of drug-likeness (QED) is 0.460. The molecule has 0 atom stereocenters. The lowest BCUT2D eigenvalue weighted by atomic mass is 10.3. The molecule has 0 unspecified atom stereocenters. The number of para-hydroxylation sites is 2. The highest BCUT2D eigenvalue weighted by Crippen LogP contribution is 2.27. The first-order valence-electron chi connectivity index (χ1n) is 9.40. The Morgan fingerprint density at radius 2 is 1.93 bits per heavy atom. The molecular formula is C20H23N5O4. The minimum absolute atomic E-state index is 0.189. The van der Waals surface area contributed by atoms with E-state index >= 15 is 0 Å². The van der Waals surface area contributed by atoms with Crippen LogP contribution in [0.4, 0.5) is 0 Å². The zero-order chi connectivity index (χ0) is 20.7. The maximum absolute atomic E-state index is 13.2. The SMILES string of the molecule is CCOCCn1c(=O)c2c(nc3n(-c4ccccc4OC)c(C)cn23)n(C)c1=O. The van der Waals surface area contributed by atoms with E-state index in [1.165, 1.54) is 9.13 Å². The topological polar surface area (TPSA) is 84.7 Å². The van der Waals surface area contributed by atoms with Gasteiger partial charge < -0.3 is 9.47 Å². The Labute approximate surface area is 166 Å². The Morgan fingerprint density at radius 1 is 1.17 bits per heavy atom. The summed E-state index contributed by atoms with van der Waals surface area (Å²) < 4.78 is 17.1. The number of ether oxygens (including phenoxy) is 2. The van der Waals surface area contributed by atoms with E-state index < -0.39 is 5.69 Å². The van der Waals surface area contributed by atoms with E-state index in [0.717, 1.165) is 11.4 Å². The van der Waals surface area contributed by atoms with Crippen molar-refractivity contribution in [3.05, 3.63) is 57.0 Å². The van der Waals surface area contributed by atoms with Crippen LogP contribution >= 0.6 is 0 Å². The Bertz CT molecular complexity index is 1320. The molecule has 0 fully saturated rings. The van der Waals surface area contributed by atoms with Gasteiger partial charge in [0.05, 0.1) is 25.9 Å². The first-order valence-corrected chi connectivity index (χ1v) is 9.40. The molecule has 0 bridgehead atoms. The monoisotopic (exact) mass is 397 g/mol. The lowest BCUT2D eigenvalue weighted by molar-refractivity contribution is 0.137. The fourth-order valence-electron chi connectivity index (χ4n) is 3.62. The molecule has 0 aliphatic rings. The van der Waals surface area contributed by atoms with Crippen LogP contribution in [0.5, 0.6) is 5.75 Å². The highest BCUT2D eigenvalue weighted by molar-refractivity contribution is 5.76. The highest BCUT2D eigenvalue weighted by atomic mass is 16.5. The molecule has 0 amide bonds. The highest BCUT2D eigenvalue weighted by Gasteiger charge is 2.21. The molecule has 0 radical (unpaired) electrons. The molecule has 0 spiro atoms. The number of methoxy groups -OCH3 is 1. The molecule has 0 aliphatic carbocycles. The summed E-state index contributed by atoms with van der Waals surface area (Å²) in [6.07, 6.45) is 1.84. The normalized spacial score (nSPS) is 11.6. The van der Waals surface area contributed by atoms with Crippen LogP contribution in [-0.4, -0.2) is 43.4 Å². The summed E-state index contributed by atoms with van der Waals surface area (Å²) in [5, 5.41) is 0. The van der Waals surface area contributed by atoms with Crippen LogP contribution in [0.15, 0.2) is 40.1 Å². The van der Waals surface area contributed by atoms with Gasteiger partial charge in [-0.05, 0) is 26.0 Å². The van der Waals surface area contributed by atoms with Crippen LogP contribution in [0, 0.1) is 6.92 Å². The van der Waals surface area contributed by atoms with Crippen molar-refractivity contribution >= 4 is 16.9 Å². The maximum atomic E-state index is 13.2. The second-order valence-electron chi connectivity index (χ2n) is 6.73. The minimum Gasteiger partial charge on any atom is -0.495 e. The summed E-state index contributed by atoms with van der Waals surface area (Å²) in [7, 11) is 3.23.